The van der Waals surface area contributed by atoms with Crippen molar-refractivity contribution in [3.8, 4) is 10.6 Å². The monoisotopic (exact) mass is 321 g/mol. The third-order valence-corrected chi connectivity index (χ3v) is 3.66. The normalized spacial score (nSPS) is 11.8. The number of benzene rings is 1. The van der Waals surface area contributed by atoms with E-state index in [0.717, 1.165) is 16.3 Å². The first-order valence-corrected chi connectivity index (χ1v) is 7.14. The summed E-state index contributed by atoms with van der Waals surface area (Å²) in [5.74, 6) is 0.309. The van der Waals surface area contributed by atoms with Crippen molar-refractivity contribution in [1.82, 2.24) is 4.98 Å². The molecule has 0 aliphatic carbocycles. The smallest absolute Gasteiger partial charge is 0.367 e. The summed E-state index contributed by atoms with van der Waals surface area (Å²) in [7, 11) is 0. The van der Waals surface area contributed by atoms with Crippen molar-refractivity contribution in [2.45, 2.75) is 18.7 Å². The Bertz CT molecular complexity index is 571. The van der Waals surface area contributed by atoms with Gasteiger partial charge in [0.2, 0.25) is 0 Å². The van der Waals surface area contributed by atoms with Crippen LogP contribution in [0.25, 0.3) is 10.6 Å². The minimum Gasteiger partial charge on any atom is -0.367 e. The summed E-state index contributed by atoms with van der Waals surface area (Å²) in [5.41, 5.74) is 2.20. The Morgan fingerprint density at radius 3 is 2.65 bits per heavy atom. The van der Waals surface area contributed by atoms with Crippen LogP contribution in [0.4, 0.5) is 13.2 Å². The average molecular weight is 322 g/mol. The van der Waals surface area contributed by atoms with Gasteiger partial charge in [-0.3, -0.25) is 0 Å². The molecule has 0 spiro atoms. The summed E-state index contributed by atoms with van der Waals surface area (Å²) in [6.45, 7) is -1.36. The molecule has 2 rings (SSSR count). The van der Waals surface area contributed by atoms with Crippen molar-refractivity contribution in [2.24, 2.45) is 0 Å². The lowest BCUT2D eigenvalue weighted by molar-refractivity contribution is -0.176. The van der Waals surface area contributed by atoms with Crippen LogP contribution in [0.5, 0.6) is 0 Å². The van der Waals surface area contributed by atoms with E-state index in [1.807, 2.05) is 17.5 Å². The van der Waals surface area contributed by atoms with Gasteiger partial charge in [0.25, 0.3) is 0 Å². The first kappa shape index (κ1) is 15.3. The van der Waals surface area contributed by atoms with Crippen molar-refractivity contribution < 1.29 is 17.9 Å². The highest BCUT2D eigenvalue weighted by molar-refractivity contribution is 7.13. The second-order valence-corrected chi connectivity index (χ2v) is 5.17. The first-order chi connectivity index (χ1) is 9.49. The van der Waals surface area contributed by atoms with Crippen LogP contribution >= 0.6 is 22.9 Å². The number of rotatable bonds is 5. The standard InChI is InChI=1S/C13H11ClF3NOS/c14-5-10-7-20-12(18-10)11-4-2-1-3-9(11)6-19-8-13(15,16)17/h1-4,7H,5-6,8H2. The van der Waals surface area contributed by atoms with Crippen molar-refractivity contribution in [3.05, 3.63) is 40.9 Å². The molecule has 0 fully saturated rings. The van der Waals surface area contributed by atoms with Gasteiger partial charge in [0.05, 0.1) is 18.2 Å². The molecule has 1 aromatic carbocycles. The number of thiazole rings is 1. The molecule has 2 nitrogen and oxygen atoms in total. The molecule has 0 radical (unpaired) electrons. The maximum atomic E-state index is 12.1. The number of ether oxygens (including phenoxy) is 1. The zero-order valence-electron chi connectivity index (χ0n) is 10.3. The van der Waals surface area contributed by atoms with Crippen LogP contribution in [-0.2, 0) is 17.2 Å². The molecular weight excluding hydrogens is 311 g/mol. The summed E-state index contributed by atoms with van der Waals surface area (Å²) in [6, 6.07) is 7.10. The van der Waals surface area contributed by atoms with E-state index in [1.54, 1.807) is 12.1 Å². The summed E-state index contributed by atoms with van der Waals surface area (Å²) in [6.07, 6.45) is -4.32. The van der Waals surface area contributed by atoms with Gasteiger partial charge >= 0.3 is 6.18 Å². The van der Waals surface area contributed by atoms with E-state index in [1.165, 1.54) is 11.3 Å². The zero-order chi connectivity index (χ0) is 14.6. The summed E-state index contributed by atoms with van der Waals surface area (Å²) in [5, 5.41) is 2.56. The van der Waals surface area contributed by atoms with Crippen molar-refractivity contribution in [1.29, 1.82) is 0 Å². The van der Waals surface area contributed by atoms with Gasteiger partial charge in [0.15, 0.2) is 0 Å². The SMILES string of the molecule is FC(F)(F)COCc1ccccc1-c1nc(CCl)cs1. The van der Waals surface area contributed by atoms with Crippen molar-refractivity contribution in [3.63, 3.8) is 0 Å². The molecule has 0 bridgehead atoms. The molecular formula is C13H11ClF3NOS. The van der Waals surface area contributed by atoms with E-state index in [2.05, 4.69) is 4.98 Å². The van der Waals surface area contributed by atoms with E-state index in [4.69, 9.17) is 16.3 Å². The Balaban J connectivity index is 2.14. The molecule has 1 aromatic heterocycles. The number of hydrogen-bond donors (Lipinski definition) is 0. The van der Waals surface area contributed by atoms with Gasteiger partial charge < -0.3 is 4.74 Å². The highest BCUT2D eigenvalue weighted by atomic mass is 35.5. The number of nitrogens with zero attached hydrogens (tertiary/aromatic N) is 1. The van der Waals surface area contributed by atoms with Crippen LogP contribution in [0, 0.1) is 0 Å². The lowest BCUT2D eigenvalue weighted by atomic mass is 10.1. The number of halogens is 4. The maximum absolute atomic E-state index is 12.1. The predicted octanol–water partition coefficient (Wildman–Crippen LogP) is 4.63. The number of alkyl halides is 4. The second-order valence-electron chi connectivity index (χ2n) is 4.04. The molecule has 0 aliphatic heterocycles. The maximum Gasteiger partial charge on any atom is 0.411 e. The summed E-state index contributed by atoms with van der Waals surface area (Å²) < 4.78 is 40.9. The Morgan fingerprint density at radius 2 is 2.00 bits per heavy atom. The van der Waals surface area contributed by atoms with Crippen LogP contribution in [0.15, 0.2) is 29.6 Å². The van der Waals surface area contributed by atoms with Crippen LogP contribution in [-0.4, -0.2) is 17.8 Å². The third kappa shape index (κ3) is 4.19. The Labute approximate surface area is 123 Å². The molecule has 108 valence electrons. The second kappa shape index (κ2) is 6.56. The van der Waals surface area contributed by atoms with Crippen LogP contribution in [0.3, 0.4) is 0 Å². The zero-order valence-corrected chi connectivity index (χ0v) is 11.9. The predicted molar refractivity (Wildman–Crippen MR) is 72.8 cm³/mol. The lowest BCUT2D eigenvalue weighted by Gasteiger charge is -2.10. The van der Waals surface area contributed by atoms with E-state index in [0.29, 0.717) is 11.4 Å². The molecule has 0 N–H and O–H groups in total. The number of aromatic nitrogens is 1. The van der Waals surface area contributed by atoms with E-state index >= 15 is 0 Å². The fourth-order valence-electron chi connectivity index (χ4n) is 1.62. The molecule has 0 saturated heterocycles. The molecule has 20 heavy (non-hydrogen) atoms. The molecule has 0 atom stereocenters. The van der Waals surface area contributed by atoms with E-state index in [9.17, 15) is 13.2 Å². The molecule has 0 unspecified atom stereocenters. The van der Waals surface area contributed by atoms with Crippen molar-refractivity contribution >= 4 is 22.9 Å². The van der Waals surface area contributed by atoms with Gasteiger partial charge in [-0.15, -0.1) is 22.9 Å². The fourth-order valence-corrected chi connectivity index (χ4v) is 2.73. The van der Waals surface area contributed by atoms with Gasteiger partial charge in [0, 0.05) is 10.9 Å². The van der Waals surface area contributed by atoms with Crippen LogP contribution in [0.1, 0.15) is 11.3 Å². The lowest BCUT2D eigenvalue weighted by Crippen LogP contribution is -2.16. The molecule has 0 amide bonds. The molecule has 0 saturated carbocycles. The van der Waals surface area contributed by atoms with Crippen LogP contribution < -0.4 is 0 Å². The van der Waals surface area contributed by atoms with Gasteiger partial charge in [-0.2, -0.15) is 13.2 Å². The largest absolute Gasteiger partial charge is 0.411 e. The summed E-state index contributed by atoms with van der Waals surface area (Å²) in [4.78, 5) is 4.33. The highest BCUT2D eigenvalue weighted by Crippen LogP contribution is 2.28. The minimum absolute atomic E-state index is 0.106. The van der Waals surface area contributed by atoms with Gasteiger partial charge in [-0.25, -0.2) is 4.98 Å². The first-order valence-electron chi connectivity index (χ1n) is 5.73. The van der Waals surface area contributed by atoms with Gasteiger partial charge in [0.1, 0.15) is 11.6 Å². The van der Waals surface area contributed by atoms with Crippen LogP contribution in [0.2, 0.25) is 0 Å². The minimum atomic E-state index is -4.32. The molecule has 2 aromatic rings. The molecule has 7 heteroatoms. The molecule has 1 heterocycles. The Morgan fingerprint density at radius 1 is 1.25 bits per heavy atom. The Kier molecular flexibility index (Phi) is 5.01. The Hall–Kier alpha value is -1.11. The molecule has 0 aliphatic rings. The van der Waals surface area contributed by atoms with Crippen molar-refractivity contribution in [2.75, 3.05) is 6.61 Å². The van der Waals surface area contributed by atoms with E-state index in [-0.39, 0.29) is 6.61 Å². The highest BCUT2D eigenvalue weighted by Gasteiger charge is 2.27. The van der Waals surface area contributed by atoms with Gasteiger partial charge in [-0.1, -0.05) is 24.3 Å². The average Bonchev–Trinajstić information content (AvgIpc) is 2.86. The fraction of sp³-hybridized carbons (Fsp3) is 0.308. The van der Waals surface area contributed by atoms with E-state index < -0.39 is 12.8 Å². The quantitative estimate of drug-likeness (QED) is 0.749. The third-order valence-electron chi connectivity index (χ3n) is 2.46. The number of hydrogen-bond acceptors (Lipinski definition) is 3. The van der Waals surface area contributed by atoms with Gasteiger partial charge in [-0.05, 0) is 5.56 Å². The summed E-state index contributed by atoms with van der Waals surface area (Å²) >= 11 is 7.10. The topological polar surface area (TPSA) is 22.1 Å².